The van der Waals surface area contributed by atoms with Gasteiger partial charge in [-0.25, -0.2) is 0 Å². The largest absolute Gasteiger partial charge is 0.188 e. The first-order valence-corrected chi connectivity index (χ1v) is 7.41. The summed E-state index contributed by atoms with van der Waals surface area (Å²) in [6, 6.07) is 0. The van der Waals surface area contributed by atoms with Crippen molar-refractivity contribution >= 4 is 19.2 Å². The molecule has 0 unspecified atom stereocenters. The van der Waals surface area contributed by atoms with Gasteiger partial charge in [-0.1, -0.05) is 26.4 Å². The Kier molecular flexibility index (Phi) is 6.10. The summed E-state index contributed by atoms with van der Waals surface area (Å²) in [5.41, 5.74) is 0. The SMILES string of the molecule is CCCCS[Si](C)C. The highest BCUT2D eigenvalue weighted by Gasteiger charge is 1.93. The van der Waals surface area contributed by atoms with Crippen molar-refractivity contribution in [2.24, 2.45) is 0 Å². The molecule has 0 nitrogen and oxygen atoms in total. The van der Waals surface area contributed by atoms with Crippen LogP contribution < -0.4 is 0 Å². The Balaban J connectivity index is 2.72. The molecule has 1 radical (unpaired) electrons. The molecule has 0 aromatic carbocycles. The van der Waals surface area contributed by atoms with Gasteiger partial charge in [-0.2, -0.15) is 11.2 Å². The smallest absolute Gasteiger partial charge is 0.115 e. The van der Waals surface area contributed by atoms with Crippen LogP contribution in [-0.2, 0) is 0 Å². The number of unbranched alkanes of at least 4 members (excludes halogenated alkanes) is 1. The second-order valence-corrected chi connectivity index (χ2v) is 7.94. The van der Waals surface area contributed by atoms with Crippen molar-refractivity contribution in [3.63, 3.8) is 0 Å². The van der Waals surface area contributed by atoms with Crippen molar-refractivity contribution in [2.45, 2.75) is 32.9 Å². The van der Waals surface area contributed by atoms with Gasteiger partial charge >= 0.3 is 0 Å². The number of hydrogen-bond acceptors (Lipinski definition) is 1. The van der Waals surface area contributed by atoms with Gasteiger partial charge in [0.2, 0.25) is 0 Å². The van der Waals surface area contributed by atoms with Gasteiger partial charge in [-0.05, 0) is 12.2 Å². The van der Waals surface area contributed by atoms with Crippen molar-refractivity contribution < 1.29 is 0 Å². The first-order chi connectivity index (χ1) is 3.77. The Labute approximate surface area is 58.3 Å². The lowest BCUT2D eigenvalue weighted by Crippen LogP contribution is -1.93. The molecule has 0 aliphatic carbocycles. The van der Waals surface area contributed by atoms with Gasteiger partial charge in [-0.3, -0.25) is 0 Å². The zero-order valence-electron chi connectivity index (χ0n) is 6.03. The maximum atomic E-state index is 2.35. The van der Waals surface area contributed by atoms with E-state index in [1.165, 1.54) is 18.6 Å². The summed E-state index contributed by atoms with van der Waals surface area (Å²) < 4.78 is 0. The van der Waals surface area contributed by atoms with Crippen LogP contribution in [0.2, 0.25) is 13.1 Å². The number of rotatable bonds is 4. The Morgan fingerprint density at radius 1 is 1.38 bits per heavy atom. The van der Waals surface area contributed by atoms with Gasteiger partial charge in [0.15, 0.2) is 0 Å². The van der Waals surface area contributed by atoms with Crippen molar-refractivity contribution in [3.05, 3.63) is 0 Å². The van der Waals surface area contributed by atoms with E-state index in [0.717, 1.165) is 0 Å². The van der Waals surface area contributed by atoms with Gasteiger partial charge in [0.25, 0.3) is 0 Å². The van der Waals surface area contributed by atoms with Crippen LogP contribution in [-0.4, -0.2) is 13.7 Å². The van der Waals surface area contributed by atoms with Gasteiger partial charge in [0, 0.05) is 0 Å². The van der Waals surface area contributed by atoms with E-state index in [4.69, 9.17) is 0 Å². The molecule has 0 amide bonds. The summed E-state index contributed by atoms with van der Waals surface area (Å²) in [7, 11) is 0.00957. The molecule has 0 aromatic heterocycles. The van der Waals surface area contributed by atoms with Crippen LogP contribution in [0, 0.1) is 0 Å². The Bertz CT molecular complexity index is 45.8. The van der Waals surface area contributed by atoms with E-state index in [-0.39, 0.29) is 7.95 Å². The monoisotopic (exact) mass is 147 g/mol. The van der Waals surface area contributed by atoms with Crippen LogP contribution >= 0.6 is 11.2 Å². The molecule has 0 fully saturated rings. The highest BCUT2D eigenvalue weighted by atomic mass is 32.4. The molecule has 0 saturated heterocycles. The highest BCUT2D eigenvalue weighted by Crippen LogP contribution is 2.07. The molecule has 0 atom stereocenters. The Morgan fingerprint density at radius 3 is 2.38 bits per heavy atom. The molecule has 0 bridgehead atoms. The summed E-state index contributed by atoms with van der Waals surface area (Å²) in [6.45, 7) is 6.95. The summed E-state index contributed by atoms with van der Waals surface area (Å²) in [4.78, 5) is 0. The second-order valence-electron chi connectivity index (χ2n) is 2.11. The lowest BCUT2D eigenvalue weighted by atomic mass is 10.4. The molecule has 49 valence electrons. The molecule has 0 heterocycles. The quantitative estimate of drug-likeness (QED) is 0.435. The van der Waals surface area contributed by atoms with Gasteiger partial charge < -0.3 is 0 Å². The lowest BCUT2D eigenvalue weighted by Gasteiger charge is -1.99. The molecule has 0 aliphatic rings. The molecule has 0 aromatic rings. The van der Waals surface area contributed by atoms with Crippen LogP contribution in [0.5, 0.6) is 0 Å². The van der Waals surface area contributed by atoms with Crippen molar-refractivity contribution in [1.29, 1.82) is 0 Å². The molecule has 0 saturated carbocycles. The summed E-state index contributed by atoms with van der Waals surface area (Å²) >= 11 is 2.16. The fraction of sp³-hybridized carbons (Fsp3) is 1.00. The average Bonchev–Trinajstić information content (AvgIpc) is 1.66. The predicted molar refractivity (Wildman–Crippen MR) is 44.8 cm³/mol. The summed E-state index contributed by atoms with van der Waals surface area (Å²) in [5, 5.41) is 0. The van der Waals surface area contributed by atoms with Crippen LogP contribution in [0.3, 0.4) is 0 Å². The Hall–Kier alpha value is 0.567. The minimum absolute atomic E-state index is 0.00957. The maximum Gasteiger partial charge on any atom is 0.115 e. The van der Waals surface area contributed by atoms with Crippen LogP contribution in [0.4, 0.5) is 0 Å². The van der Waals surface area contributed by atoms with E-state index >= 15 is 0 Å². The second kappa shape index (κ2) is 5.70. The molecule has 0 spiro atoms. The lowest BCUT2D eigenvalue weighted by molar-refractivity contribution is 0.898. The van der Waals surface area contributed by atoms with E-state index in [1.54, 1.807) is 0 Å². The standard InChI is InChI=1S/C6H15SSi/c1-4-5-6-7-8(2)3/h4-6H2,1-3H3. The van der Waals surface area contributed by atoms with E-state index in [0.29, 0.717) is 0 Å². The zero-order valence-corrected chi connectivity index (χ0v) is 7.85. The number of hydrogen-bond donors (Lipinski definition) is 0. The molecule has 8 heavy (non-hydrogen) atoms. The van der Waals surface area contributed by atoms with Crippen LogP contribution in [0.25, 0.3) is 0 Å². The zero-order chi connectivity index (χ0) is 6.41. The van der Waals surface area contributed by atoms with Crippen molar-refractivity contribution in [1.82, 2.24) is 0 Å². The van der Waals surface area contributed by atoms with Crippen LogP contribution in [0.15, 0.2) is 0 Å². The van der Waals surface area contributed by atoms with Crippen molar-refractivity contribution in [2.75, 3.05) is 5.75 Å². The topological polar surface area (TPSA) is 0 Å². The van der Waals surface area contributed by atoms with Gasteiger partial charge in [0.1, 0.15) is 7.95 Å². The molecule has 0 N–H and O–H groups in total. The minimum Gasteiger partial charge on any atom is -0.188 e. The average molecular weight is 147 g/mol. The van der Waals surface area contributed by atoms with Crippen molar-refractivity contribution in [3.8, 4) is 0 Å². The molecule has 0 rings (SSSR count). The third-order valence-electron chi connectivity index (χ3n) is 0.889. The van der Waals surface area contributed by atoms with Crippen LogP contribution in [0.1, 0.15) is 19.8 Å². The third kappa shape index (κ3) is 6.57. The van der Waals surface area contributed by atoms with Gasteiger partial charge in [0.05, 0.1) is 0 Å². The van der Waals surface area contributed by atoms with Gasteiger partial charge in [-0.15, -0.1) is 0 Å². The maximum absolute atomic E-state index is 2.35. The highest BCUT2D eigenvalue weighted by molar-refractivity contribution is 8.25. The fourth-order valence-corrected chi connectivity index (χ4v) is 2.92. The molecule has 2 heteroatoms. The summed E-state index contributed by atoms with van der Waals surface area (Å²) in [6.07, 6.45) is 2.75. The van der Waals surface area contributed by atoms with E-state index < -0.39 is 0 Å². The minimum atomic E-state index is 0.00957. The van der Waals surface area contributed by atoms with E-state index in [2.05, 4.69) is 31.2 Å². The predicted octanol–water partition coefficient (Wildman–Crippen LogP) is 2.77. The van der Waals surface area contributed by atoms with E-state index in [1.807, 2.05) is 0 Å². The fourth-order valence-electron chi connectivity index (χ4n) is 0.421. The molecule has 0 aliphatic heterocycles. The third-order valence-corrected chi connectivity index (χ3v) is 4.30. The first kappa shape index (κ1) is 8.57. The Morgan fingerprint density at radius 2 is 2.00 bits per heavy atom. The van der Waals surface area contributed by atoms with E-state index in [9.17, 15) is 0 Å². The molecular weight excluding hydrogens is 132 g/mol. The summed E-state index contributed by atoms with van der Waals surface area (Å²) in [5.74, 6) is 1.39. The first-order valence-electron chi connectivity index (χ1n) is 3.20. The normalized spacial score (nSPS) is 10.5. The molecular formula is C6H15SSi.